The van der Waals surface area contributed by atoms with E-state index in [0.29, 0.717) is 0 Å². The van der Waals surface area contributed by atoms with Crippen molar-refractivity contribution in [2.24, 2.45) is 11.5 Å². The summed E-state index contributed by atoms with van der Waals surface area (Å²) in [6.45, 7) is 0.614. The molecular formula is C13H24N4O7. The summed E-state index contributed by atoms with van der Waals surface area (Å²) in [4.78, 5) is 22.8. The van der Waals surface area contributed by atoms with E-state index in [1.165, 1.54) is 20.1 Å². The third-order valence-corrected chi connectivity index (χ3v) is 3.46. The highest BCUT2D eigenvalue weighted by molar-refractivity contribution is 5.84. The van der Waals surface area contributed by atoms with Crippen molar-refractivity contribution in [1.82, 2.24) is 10.6 Å². The minimum Gasteiger partial charge on any atom is -0.478 e. The van der Waals surface area contributed by atoms with E-state index >= 15 is 0 Å². The van der Waals surface area contributed by atoms with Gasteiger partial charge >= 0.3 is 5.97 Å². The molecule has 0 aromatic rings. The van der Waals surface area contributed by atoms with Crippen LogP contribution in [0.25, 0.3) is 0 Å². The van der Waals surface area contributed by atoms with E-state index < -0.39 is 60.9 Å². The summed E-state index contributed by atoms with van der Waals surface area (Å²) >= 11 is 0. The molecule has 0 aliphatic carbocycles. The van der Waals surface area contributed by atoms with Crippen LogP contribution in [-0.2, 0) is 19.1 Å². The van der Waals surface area contributed by atoms with Gasteiger partial charge in [0.05, 0.1) is 18.7 Å². The molecule has 11 heteroatoms. The molecule has 0 aromatic carbocycles. The van der Waals surface area contributed by atoms with Crippen LogP contribution in [0.4, 0.5) is 0 Å². The number of methoxy groups -OCH3 is 1. The second-order valence-corrected chi connectivity index (χ2v) is 5.31. The second kappa shape index (κ2) is 8.92. The van der Waals surface area contributed by atoms with Gasteiger partial charge in [0.1, 0.15) is 24.6 Å². The maximum atomic E-state index is 11.5. The largest absolute Gasteiger partial charge is 0.478 e. The number of hydrogen-bond donors (Lipinski definition) is 7. The predicted molar refractivity (Wildman–Crippen MR) is 81.2 cm³/mol. The van der Waals surface area contributed by atoms with E-state index in [0.717, 1.165) is 0 Å². The Labute approximate surface area is 138 Å². The number of aliphatic hydroxyl groups excluding tert-OH is 2. The number of nitrogens with one attached hydrogen (secondary N) is 2. The van der Waals surface area contributed by atoms with E-state index in [4.69, 9.17) is 26.0 Å². The summed E-state index contributed by atoms with van der Waals surface area (Å²) in [6.07, 6.45) is -3.39. The molecule has 1 amide bonds. The van der Waals surface area contributed by atoms with E-state index in [1.807, 2.05) is 0 Å². The van der Waals surface area contributed by atoms with Gasteiger partial charge in [-0.15, -0.1) is 0 Å². The van der Waals surface area contributed by atoms with E-state index in [9.17, 15) is 19.8 Å². The van der Waals surface area contributed by atoms with Crippen molar-refractivity contribution in [2.75, 3.05) is 13.7 Å². The molecule has 1 aliphatic heterocycles. The monoisotopic (exact) mass is 348 g/mol. The first-order chi connectivity index (χ1) is 11.2. The van der Waals surface area contributed by atoms with Crippen molar-refractivity contribution >= 4 is 11.9 Å². The molecule has 5 atom stereocenters. The van der Waals surface area contributed by atoms with Gasteiger partial charge in [0.15, 0.2) is 0 Å². The normalized spacial score (nSPS) is 26.3. The number of carboxylic acid groups (broad SMARTS) is 1. The fourth-order valence-electron chi connectivity index (χ4n) is 2.52. The highest BCUT2D eigenvalue weighted by atomic mass is 16.6. The maximum absolute atomic E-state index is 11.5. The number of aliphatic carboxylic acids is 1. The zero-order valence-corrected chi connectivity index (χ0v) is 13.4. The average Bonchev–Trinajstić information content (AvgIpc) is 2.49. The lowest BCUT2D eigenvalue weighted by Gasteiger charge is -2.41. The summed E-state index contributed by atoms with van der Waals surface area (Å²) in [5, 5.41) is 33.6. The van der Waals surface area contributed by atoms with Crippen LogP contribution in [0.5, 0.6) is 0 Å². The van der Waals surface area contributed by atoms with Gasteiger partial charge in [-0.05, 0) is 6.08 Å². The zero-order valence-electron chi connectivity index (χ0n) is 13.4. The average molecular weight is 348 g/mol. The van der Waals surface area contributed by atoms with Crippen LogP contribution in [-0.4, -0.2) is 77.6 Å². The molecule has 11 nitrogen and oxygen atoms in total. The predicted octanol–water partition coefficient (Wildman–Crippen LogP) is -3.61. The van der Waals surface area contributed by atoms with Gasteiger partial charge in [-0.3, -0.25) is 10.1 Å². The van der Waals surface area contributed by atoms with Gasteiger partial charge in [-0.25, -0.2) is 4.79 Å². The van der Waals surface area contributed by atoms with Crippen molar-refractivity contribution < 1.29 is 34.4 Å². The molecule has 24 heavy (non-hydrogen) atoms. The number of ether oxygens (including phenoxy) is 2. The van der Waals surface area contributed by atoms with E-state index in [1.54, 1.807) is 0 Å². The Morgan fingerprint density at radius 2 is 2.08 bits per heavy atom. The summed E-state index contributed by atoms with van der Waals surface area (Å²) in [7, 11) is 1.26. The van der Waals surface area contributed by atoms with Gasteiger partial charge in [0.25, 0.3) is 0 Å². The highest BCUT2D eigenvalue weighted by Crippen LogP contribution is 2.24. The molecule has 0 saturated carbocycles. The Morgan fingerprint density at radius 1 is 1.46 bits per heavy atom. The molecule has 0 radical (unpaired) electrons. The van der Waals surface area contributed by atoms with Crippen LogP contribution in [0.3, 0.4) is 0 Å². The SMILES string of the molecule is COC(C(O)CO)C1OC(C(=O)O)=CC(NC(N)N)C1NC(C)=O. The van der Waals surface area contributed by atoms with Crippen LogP contribution in [0.15, 0.2) is 11.8 Å². The molecule has 0 fully saturated rings. The second-order valence-electron chi connectivity index (χ2n) is 5.31. The minimum atomic E-state index is -1.36. The van der Waals surface area contributed by atoms with Crippen molar-refractivity contribution in [3.63, 3.8) is 0 Å². The molecule has 0 bridgehead atoms. The highest BCUT2D eigenvalue weighted by Gasteiger charge is 2.44. The standard InChI is InChI=1S/C13H24N4O7/c1-5(19)16-9-6(17-13(14)15)3-8(12(21)22)24-11(9)10(23-2)7(20)4-18/h3,6-7,9-11,13,17-18,20H,4,14-15H2,1-2H3,(H,16,19)(H,21,22). The molecule has 1 rings (SSSR count). The van der Waals surface area contributed by atoms with Gasteiger partial charge in [-0.1, -0.05) is 0 Å². The lowest BCUT2D eigenvalue weighted by Crippen LogP contribution is -2.66. The molecule has 9 N–H and O–H groups in total. The molecule has 1 aliphatic rings. The number of carboxylic acids is 1. The van der Waals surface area contributed by atoms with Crippen molar-refractivity contribution in [3.05, 3.63) is 11.8 Å². The minimum absolute atomic E-state index is 0.424. The van der Waals surface area contributed by atoms with Crippen molar-refractivity contribution in [3.8, 4) is 0 Å². The summed E-state index contributed by atoms with van der Waals surface area (Å²) in [5.74, 6) is -2.20. The van der Waals surface area contributed by atoms with Crippen LogP contribution < -0.4 is 22.1 Å². The first kappa shape index (κ1) is 20.3. The first-order valence-corrected chi connectivity index (χ1v) is 7.19. The van der Waals surface area contributed by atoms with Crippen molar-refractivity contribution in [2.45, 2.75) is 43.6 Å². The third kappa shape index (κ3) is 5.12. The van der Waals surface area contributed by atoms with Crippen molar-refractivity contribution in [1.29, 1.82) is 0 Å². The number of amides is 1. The summed E-state index contributed by atoms with van der Waals surface area (Å²) < 4.78 is 10.5. The Morgan fingerprint density at radius 3 is 2.50 bits per heavy atom. The number of carbonyl (C=O) groups excluding carboxylic acids is 1. The van der Waals surface area contributed by atoms with Crippen LogP contribution in [0, 0.1) is 0 Å². The molecule has 0 aromatic heterocycles. The quantitative estimate of drug-likeness (QED) is 0.216. The van der Waals surface area contributed by atoms with E-state index in [-0.39, 0.29) is 0 Å². The van der Waals surface area contributed by atoms with Crippen LogP contribution in [0.2, 0.25) is 0 Å². The first-order valence-electron chi connectivity index (χ1n) is 7.19. The molecule has 5 unspecified atom stereocenters. The Balaban J connectivity index is 3.26. The molecule has 0 saturated heterocycles. The van der Waals surface area contributed by atoms with Crippen LogP contribution in [0.1, 0.15) is 6.92 Å². The molecule has 138 valence electrons. The fourth-order valence-corrected chi connectivity index (χ4v) is 2.52. The number of hydrogen-bond acceptors (Lipinski definition) is 9. The fraction of sp³-hybridized carbons (Fsp3) is 0.692. The molecule has 0 spiro atoms. The topological polar surface area (TPSA) is 189 Å². The van der Waals surface area contributed by atoms with Crippen LogP contribution >= 0.6 is 0 Å². The number of aliphatic hydroxyl groups is 2. The Bertz CT molecular complexity index is 485. The number of nitrogens with two attached hydrogens (primary N) is 2. The van der Waals surface area contributed by atoms with E-state index in [2.05, 4.69) is 10.6 Å². The number of carbonyl (C=O) groups is 2. The molecular weight excluding hydrogens is 324 g/mol. The van der Waals surface area contributed by atoms with Gasteiger partial charge in [-0.2, -0.15) is 0 Å². The Kier molecular flexibility index (Phi) is 7.54. The zero-order chi connectivity index (χ0) is 18.4. The number of rotatable bonds is 8. The lowest BCUT2D eigenvalue weighted by molar-refractivity contribution is -0.149. The Hall–Kier alpha value is -1.76. The maximum Gasteiger partial charge on any atom is 0.370 e. The van der Waals surface area contributed by atoms with Gasteiger partial charge in [0.2, 0.25) is 11.7 Å². The van der Waals surface area contributed by atoms with Gasteiger partial charge in [0, 0.05) is 14.0 Å². The third-order valence-electron chi connectivity index (χ3n) is 3.46. The smallest absolute Gasteiger partial charge is 0.370 e. The van der Waals surface area contributed by atoms with Gasteiger partial charge < -0.3 is 41.6 Å². The lowest BCUT2D eigenvalue weighted by atomic mass is 9.91. The summed E-state index contributed by atoms with van der Waals surface area (Å²) in [6, 6.07) is -1.66. The summed E-state index contributed by atoms with van der Waals surface area (Å²) in [5.41, 5.74) is 11.0. The molecule has 1 heterocycles.